The number of sulfonamides is 1. The molecule has 0 heterocycles. The number of ether oxygens (including phenoxy) is 1. The van der Waals surface area contributed by atoms with E-state index in [9.17, 15) is 13.2 Å². The minimum absolute atomic E-state index is 0.102. The van der Waals surface area contributed by atoms with Crippen LogP contribution in [0.5, 0.6) is 5.75 Å². The summed E-state index contributed by atoms with van der Waals surface area (Å²) in [6.07, 6.45) is 0. The Hall–Kier alpha value is -3.32. The van der Waals surface area contributed by atoms with Gasteiger partial charge in [-0.3, -0.25) is 9.52 Å². The molecule has 3 aromatic rings. The third-order valence-electron chi connectivity index (χ3n) is 4.15. The normalized spacial score (nSPS) is 11.2. The Labute approximate surface area is 177 Å². The molecule has 2 N–H and O–H groups in total. The van der Waals surface area contributed by atoms with Crippen LogP contribution < -0.4 is 14.8 Å². The van der Waals surface area contributed by atoms with E-state index in [1.807, 2.05) is 19.9 Å². The van der Waals surface area contributed by atoms with Gasteiger partial charge in [0.15, 0.2) is 0 Å². The van der Waals surface area contributed by atoms with Crippen LogP contribution in [0.3, 0.4) is 0 Å². The number of rotatable bonds is 8. The first kappa shape index (κ1) is 21.4. The van der Waals surface area contributed by atoms with Crippen molar-refractivity contribution in [1.82, 2.24) is 0 Å². The minimum Gasteiger partial charge on any atom is -0.492 e. The van der Waals surface area contributed by atoms with Crippen LogP contribution in [0.1, 0.15) is 24.2 Å². The van der Waals surface area contributed by atoms with E-state index in [1.165, 1.54) is 12.1 Å². The van der Waals surface area contributed by atoms with E-state index in [0.29, 0.717) is 35.2 Å². The third-order valence-corrected chi connectivity index (χ3v) is 5.55. The summed E-state index contributed by atoms with van der Waals surface area (Å²) in [6.45, 7) is 4.57. The van der Waals surface area contributed by atoms with Crippen molar-refractivity contribution in [2.45, 2.75) is 18.7 Å². The number of carbonyl (C=O) groups excluding carboxylic acids is 1. The van der Waals surface area contributed by atoms with Crippen molar-refractivity contribution in [3.05, 3.63) is 84.4 Å². The van der Waals surface area contributed by atoms with Gasteiger partial charge in [0.05, 0.1) is 17.1 Å². The molecule has 30 heavy (non-hydrogen) atoms. The molecule has 156 valence electrons. The second-order valence-corrected chi connectivity index (χ2v) is 8.83. The Bertz CT molecular complexity index is 1100. The van der Waals surface area contributed by atoms with E-state index < -0.39 is 10.0 Å². The van der Waals surface area contributed by atoms with Crippen molar-refractivity contribution in [2.24, 2.45) is 5.92 Å². The van der Waals surface area contributed by atoms with E-state index in [4.69, 9.17) is 4.74 Å². The zero-order valence-corrected chi connectivity index (χ0v) is 17.6. The van der Waals surface area contributed by atoms with Crippen molar-refractivity contribution in [1.29, 1.82) is 0 Å². The smallest absolute Gasteiger partial charge is 0.261 e. The zero-order chi connectivity index (χ0) is 21.6. The molecule has 0 aliphatic heterocycles. The molecule has 0 unspecified atom stereocenters. The molecule has 0 aliphatic carbocycles. The molecule has 0 aliphatic rings. The van der Waals surface area contributed by atoms with Gasteiger partial charge < -0.3 is 10.1 Å². The molecule has 1 amide bonds. The Balaban J connectivity index is 1.71. The summed E-state index contributed by atoms with van der Waals surface area (Å²) in [5.41, 5.74) is 1.38. The number of hydrogen-bond acceptors (Lipinski definition) is 4. The summed E-state index contributed by atoms with van der Waals surface area (Å²) in [7, 11) is -3.72. The van der Waals surface area contributed by atoms with Gasteiger partial charge in [-0.2, -0.15) is 0 Å². The average Bonchev–Trinajstić information content (AvgIpc) is 2.73. The van der Waals surface area contributed by atoms with Crippen molar-refractivity contribution in [2.75, 3.05) is 16.6 Å². The van der Waals surface area contributed by atoms with Crippen molar-refractivity contribution in [3.63, 3.8) is 0 Å². The van der Waals surface area contributed by atoms with Crippen LogP contribution in [0, 0.1) is 5.92 Å². The van der Waals surface area contributed by atoms with Crippen molar-refractivity contribution < 1.29 is 17.9 Å². The molecular formula is C23H24N2O4S. The number of para-hydroxylation sites is 2. The van der Waals surface area contributed by atoms with Gasteiger partial charge in [-0.15, -0.1) is 0 Å². The van der Waals surface area contributed by atoms with Gasteiger partial charge in [-0.05, 0) is 54.4 Å². The number of nitrogens with one attached hydrogen (secondary N) is 2. The summed E-state index contributed by atoms with van der Waals surface area (Å²) in [5.74, 6) is 0.516. The Kier molecular flexibility index (Phi) is 6.74. The SMILES string of the molecule is CC(C)COc1ccccc1C(=O)Nc1ccc(S(=O)(=O)Nc2ccccc2)cc1. The molecule has 0 atom stereocenters. The van der Waals surface area contributed by atoms with Crippen molar-refractivity contribution >= 4 is 27.3 Å². The van der Waals surface area contributed by atoms with E-state index in [1.54, 1.807) is 60.7 Å². The summed E-state index contributed by atoms with van der Waals surface area (Å²) < 4.78 is 33.3. The van der Waals surface area contributed by atoms with Gasteiger partial charge in [0.2, 0.25) is 0 Å². The molecule has 0 radical (unpaired) electrons. The lowest BCUT2D eigenvalue weighted by atomic mass is 10.1. The fourth-order valence-corrected chi connectivity index (χ4v) is 3.73. The first-order valence-electron chi connectivity index (χ1n) is 9.56. The average molecular weight is 425 g/mol. The Morgan fingerprint density at radius 3 is 2.17 bits per heavy atom. The maximum atomic E-state index is 12.7. The van der Waals surface area contributed by atoms with Crippen LogP contribution in [0.15, 0.2) is 83.8 Å². The van der Waals surface area contributed by atoms with E-state index in [-0.39, 0.29) is 10.8 Å². The van der Waals surface area contributed by atoms with E-state index in [2.05, 4.69) is 10.0 Å². The van der Waals surface area contributed by atoms with Crippen molar-refractivity contribution in [3.8, 4) is 5.75 Å². The molecule has 0 saturated heterocycles. The molecule has 7 heteroatoms. The maximum Gasteiger partial charge on any atom is 0.261 e. The minimum atomic E-state index is -3.72. The highest BCUT2D eigenvalue weighted by atomic mass is 32.2. The molecule has 3 aromatic carbocycles. The topological polar surface area (TPSA) is 84.5 Å². The lowest BCUT2D eigenvalue weighted by molar-refractivity contribution is 0.102. The predicted octanol–water partition coefficient (Wildman–Crippen LogP) is 4.77. The number of anilines is 2. The lowest BCUT2D eigenvalue weighted by Gasteiger charge is -2.13. The van der Waals surface area contributed by atoms with Gasteiger partial charge in [0, 0.05) is 11.4 Å². The van der Waals surface area contributed by atoms with Crippen LogP contribution in [0.4, 0.5) is 11.4 Å². The number of carbonyl (C=O) groups is 1. The molecule has 0 aromatic heterocycles. The lowest BCUT2D eigenvalue weighted by Crippen LogP contribution is -2.15. The number of amides is 1. The highest BCUT2D eigenvalue weighted by Gasteiger charge is 2.16. The summed E-state index contributed by atoms with van der Waals surface area (Å²) in [6, 6.07) is 21.7. The van der Waals surface area contributed by atoms with Crippen LogP contribution in [-0.4, -0.2) is 20.9 Å². The monoisotopic (exact) mass is 424 g/mol. The summed E-state index contributed by atoms with van der Waals surface area (Å²) in [5, 5.41) is 2.78. The van der Waals surface area contributed by atoms with Gasteiger partial charge in [-0.25, -0.2) is 8.42 Å². The zero-order valence-electron chi connectivity index (χ0n) is 16.8. The summed E-state index contributed by atoms with van der Waals surface area (Å²) >= 11 is 0. The van der Waals surface area contributed by atoms with E-state index >= 15 is 0 Å². The maximum absolute atomic E-state index is 12.7. The predicted molar refractivity (Wildman–Crippen MR) is 118 cm³/mol. The van der Waals surface area contributed by atoms with Crippen LogP contribution >= 0.6 is 0 Å². The highest BCUT2D eigenvalue weighted by molar-refractivity contribution is 7.92. The molecule has 0 bridgehead atoms. The second kappa shape index (κ2) is 9.45. The second-order valence-electron chi connectivity index (χ2n) is 7.15. The number of benzene rings is 3. The van der Waals surface area contributed by atoms with Crippen LogP contribution in [0.25, 0.3) is 0 Å². The largest absolute Gasteiger partial charge is 0.492 e. The van der Waals surface area contributed by atoms with Gasteiger partial charge in [0.25, 0.3) is 15.9 Å². The third kappa shape index (κ3) is 5.61. The van der Waals surface area contributed by atoms with Crippen LogP contribution in [-0.2, 0) is 10.0 Å². The Morgan fingerprint density at radius 1 is 0.867 bits per heavy atom. The quantitative estimate of drug-likeness (QED) is 0.545. The summed E-state index contributed by atoms with van der Waals surface area (Å²) in [4.78, 5) is 12.8. The van der Waals surface area contributed by atoms with Gasteiger partial charge >= 0.3 is 0 Å². The molecule has 3 rings (SSSR count). The van der Waals surface area contributed by atoms with Gasteiger partial charge in [0.1, 0.15) is 5.75 Å². The highest BCUT2D eigenvalue weighted by Crippen LogP contribution is 2.22. The molecule has 0 fully saturated rings. The number of hydrogen-bond donors (Lipinski definition) is 2. The van der Waals surface area contributed by atoms with E-state index in [0.717, 1.165) is 0 Å². The molecule has 0 spiro atoms. The molecular weight excluding hydrogens is 400 g/mol. The first-order valence-corrected chi connectivity index (χ1v) is 11.0. The molecule has 6 nitrogen and oxygen atoms in total. The first-order chi connectivity index (χ1) is 14.3. The van der Waals surface area contributed by atoms with Crippen LogP contribution in [0.2, 0.25) is 0 Å². The fraction of sp³-hybridized carbons (Fsp3) is 0.174. The fourth-order valence-electron chi connectivity index (χ4n) is 2.67. The standard InChI is InChI=1S/C23H24N2O4S/c1-17(2)16-29-22-11-7-6-10-21(22)23(26)24-18-12-14-20(15-13-18)30(27,28)25-19-8-4-3-5-9-19/h3-15,17,25H,16H2,1-2H3,(H,24,26). The van der Waals surface area contributed by atoms with Gasteiger partial charge in [-0.1, -0.05) is 44.2 Å². The molecule has 0 saturated carbocycles. The Morgan fingerprint density at radius 2 is 1.50 bits per heavy atom.